The number of carbonyl (C=O) groups is 1. The Labute approximate surface area is 173 Å². The van der Waals surface area contributed by atoms with Crippen molar-refractivity contribution in [3.8, 4) is 0 Å². The number of pyridine rings is 1. The third-order valence-corrected chi connectivity index (χ3v) is 6.38. The van der Waals surface area contributed by atoms with Crippen LogP contribution >= 0.6 is 0 Å². The molecule has 0 aliphatic heterocycles. The normalized spacial score (nSPS) is 20.0. The number of carbonyl (C=O) groups excluding carboxylic acids is 1. The fourth-order valence-electron chi connectivity index (χ4n) is 4.54. The minimum atomic E-state index is -0.515. The monoisotopic (exact) mass is 404 g/mol. The standard InChI is InChI=1S/C23H24N4O3/c1-23(2)10-9-18(15-5-3-4-6-17(15)23)25-20(28)13-11-16-19(24-12-13)27(14-7-8-14)22(30)26-21(16)29/h3-6,11-12,14,18H,7-10H2,1-2H3,(H,25,28)(H,26,29,30). The number of benzene rings is 1. The lowest BCUT2D eigenvalue weighted by Gasteiger charge is -2.37. The van der Waals surface area contributed by atoms with Gasteiger partial charge in [0.2, 0.25) is 0 Å². The molecule has 2 heterocycles. The van der Waals surface area contributed by atoms with Crippen molar-refractivity contribution in [2.75, 3.05) is 0 Å². The van der Waals surface area contributed by atoms with E-state index < -0.39 is 11.2 Å². The number of amides is 1. The Balaban J connectivity index is 1.49. The second kappa shape index (κ2) is 6.65. The predicted molar refractivity (Wildman–Crippen MR) is 114 cm³/mol. The zero-order chi connectivity index (χ0) is 21.0. The van der Waals surface area contributed by atoms with Crippen LogP contribution < -0.4 is 16.6 Å². The van der Waals surface area contributed by atoms with Crippen LogP contribution in [0.4, 0.5) is 0 Å². The van der Waals surface area contributed by atoms with Gasteiger partial charge in [-0.15, -0.1) is 0 Å². The van der Waals surface area contributed by atoms with Gasteiger partial charge in [0.05, 0.1) is 17.0 Å². The number of hydrogen-bond donors (Lipinski definition) is 2. The molecule has 1 amide bonds. The molecule has 1 unspecified atom stereocenters. The number of aromatic amines is 1. The predicted octanol–water partition coefficient (Wildman–Crippen LogP) is 2.96. The summed E-state index contributed by atoms with van der Waals surface area (Å²) >= 11 is 0. The summed E-state index contributed by atoms with van der Waals surface area (Å²) in [5, 5.41) is 3.38. The summed E-state index contributed by atoms with van der Waals surface area (Å²) in [6, 6.07) is 9.74. The zero-order valence-corrected chi connectivity index (χ0v) is 17.1. The van der Waals surface area contributed by atoms with Crippen LogP contribution in [0.25, 0.3) is 11.0 Å². The molecule has 7 heteroatoms. The van der Waals surface area contributed by atoms with Gasteiger partial charge in [-0.2, -0.15) is 0 Å². The molecule has 2 N–H and O–H groups in total. The molecule has 1 aromatic carbocycles. The fourth-order valence-corrected chi connectivity index (χ4v) is 4.54. The van der Waals surface area contributed by atoms with Crippen molar-refractivity contribution >= 4 is 16.9 Å². The molecular weight excluding hydrogens is 380 g/mol. The summed E-state index contributed by atoms with van der Waals surface area (Å²) in [6.07, 6.45) is 5.05. The fraction of sp³-hybridized carbons (Fsp3) is 0.391. The van der Waals surface area contributed by atoms with Crippen LogP contribution in [0, 0.1) is 0 Å². The van der Waals surface area contributed by atoms with Crippen LogP contribution in [0.1, 0.15) is 73.1 Å². The van der Waals surface area contributed by atoms with Gasteiger partial charge in [0, 0.05) is 12.2 Å². The van der Waals surface area contributed by atoms with E-state index in [9.17, 15) is 14.4 Å². The van der Waals surface area contributed by atoms with Gasteiger partial charge in [0.15, 0.2) is 0 Å². The average molecular weight is 404 g/mol. The molecule has 2 aliphatic carbocycles. The Morgan fingerprint density at radius 3 is 2.73 bits per heavy atom. The molecule has 2 aromatic heterocycles. The Bertz CT molecular complexity index is 1280. The first-order valence-electron chi connectivity index (χ1n) is 10.4. The Morgan fingerprint density at radius 1 is 1.20 bits per heavy atom. The number of nitrogens with one attached hydrogen (secondary N) is 2. The smallest absolute Gasteiger partial charge is 0.330 e. The summed E-state index contributed by atoms with van der Waals surface area (Å²) in [5.74, 6) is -0.271. The van der Waals surface area contributed by atoms with Crippen molar-refractivity contribution in [3.05, 3.63) is 74.1 Å². The van der Waals surface area contributed by atoms with Crippen molar-refractivity contribution in [3.63, 3.8) is 0 Å². The van der Waals surface area contributed by atoms with E-state index in [0.29, 0.717) is 11.2 Å². The molecule has 154 valence electrons. The summed E-state index contributed by atoms with van der Waals surface area (Å²) < 4.78 is 1.53. The first-order valence-corrected chi connectivity index (χ1v) is 10.4. The highest BCUT2D eigenvalue weighted by Crippen LogP contribution is 2.41. The Kier molecular flexibility index (Phi) is 4.17. The van der Waals surface area contributed by atoms with Gasteiger partial charge >= 0.3 is 5.69 Å². The minimum absolute atomic E-state index is 0.0715. The lowest BCUT2D eigenvalue weighted by Crippen LogP contribution is -2.36. The highest BCUT2D eigenvalue weighted by molar-refractivity contribution is 5.97. The first-order chi connectivity index (χ1) is 14.3. The number of rotatable bonds is 3. The summed E-state index contributed by atoms with van der Waals surface area (Å²) in [7, 11) is 0. The molecule has 1 atom stereocenters. The van der Waals surface area contributed by atoms with Crippen LogP contribution in [-0.4, -0.2) is 20.4 Å². The van der Waals surface area contributed by atoms with Crippen LogP contribution in [0.3, 0.4) is 0 Å². The Hall–Kier alpha value is -3.22. The largest absolute Gasteiger partial charge is 0.345 e. The maximum absolute atomic E-state index is 13.0. The molecule has 1 saturated carbocycles. The molecule has 0 spiro atoms. The molecule has 5 rings (SSSR count). The second-order valence-corrected chi connectivity index (χ2v) is 8.99. The number of aromatic nitrogens is 3. The van der Waals surface area contributed by atoms with Crippen molar-refractivity contribution in [1.82, 2.24) is 19.9 Å². The number of fused-ring (bicyclic) bond motifs is 2. The SMILES string of the molecule is CC1(C)CCC(NC(=O)c2cnc3c(c2)c(=O)[nH]c(=O)n3C2CC2)c2ccccc21. The van der Waals surface area contributed by atoms with Crippen LogP contribution in [0.5, 0.6) is 0 Å². The molecule has 0 bridgehead atoms. The molecule has 7 nitrogen and oxygen atoms in total. The van der Waals surface area contributed by atoms with Gasteiger partial charge in [0.25, 0.3) is 11.5 Å². The van der Waals surface area contributed by atoms with E-state index >= 15 is 0 Å². The first kappa shape index (κ1) is 18.8. The Morgan fingerprint density at radius 2 is 1.97 bits per heavy atom. The van der Waals surface area contributed by atoms with E-state index in [1.165, 1.54) is 22.4 Å². The van der Waals surface area contributed by atoms with Crippen LogP contribution in [0.2, 0.25) is 0 Å². The van der Waals surface area contributed by atoms with E-state index in [1.54, 1.807) is 0 Å². The molecule has 3 aromatic rings. The third kappa shape index (κ3) is 3.05. The van der Waals surface area contributed by atoms with Crippen molar-refractivity contribution in [2.45, 2.75) is 57.0 Å². The van der Waals surface area contributed by atoms with Crippen LogP contribution in [-0.2, 0) is 5.41 Å². The van der Waals surface area contributed by atoms with E-state index in [-0.39, 0.29) is 28.8 Å². The maximum atomic E-state index is 13.0. The molecule has 0 radical (unpaired) electrons. The van der Waals surface area contributed by atoms with Gasteiger partial charge in [-0.25, -0.2) is 9.78 Å². The zero-order valence-electron chi connectivity index (χ0n) is 17.1. The van der Waals surface area contributed by atoms with Gasteiger partial charge in [-0.05, 0) is 48.3 Å². The molecule has 30 heavy (non-hydrogen) atoms. The lowest BCUT2D eigenvalue weighted by molar-refractivity contribution is 0.0929. The van der Waals surface area contributed by atoms with Gasteiger partial charge in [-0.1, -0.05) is 38.1 Å². The quantitative estimate of drug-likeness (QED) is 0.701. The van der Waals surface area contributed by atoms with Gasteiger partial charge in [-0.3, -0.25) is 19.1 Å². The van der Waals surface area contributed by atoms with Crippen LogP contribution in [0.15, 0.2) is 46.1 Å². The molecular formula is C23H24N4O3. The van der Waals surface area contributed by atoms with Gasteiger partial charge < -0.3 is 5.32 Å². The molecule has 2 aliphatic rings. The maximum Gasteiger partial charge on any atom is 0.330 e. The third-order valence-electron chi connectivity index (χ3n) is 6.38. The lowest BCUT2D eigenvalue weighted by atomic mass is 9.71. The highest BCUT2D eigenvalue weighted by Gasteiger charge is 2.33. The summed E-state index contributed by atoms with van der Waals surface area (Å²) in [5.41, 5.74) is 2.16. The summed E-state index contributed by atoms with van der Waals surface area (Å²) in [4.78, 5) is 44.2. The minimum Gasteiger partial charge on any atom is -0.345 e. The van der Waals surface area contributed by atoms with Crippen molar-refractivity contribution in [2.24, 2.45) is 0 Å². The number of hydrogen-bond acceptors (Lipinski definition) is 4. The van der Waals surface area contributed by atoms with Crippen molar-refractivity contribution < 1.29 is 4.79 Å². The molecule has 0 saturated heterocycles. The average Bonchev–Trinajstić information content (AvgIpc) is 3.55. The van der Waals surface area contributed by atoms with Crippen molar-refractivity contribution in [1.29, 1.82) is 0 Å². The van der Waals surface area contributed by atoms with E-state index in [0.717, 1.165) is 31.2 Å². The van der Waals surface area contributed by atoms with Gasteiger partial charge in [0.1, 0.15) is 5.65 Å². The number of H-pyrrole nitrogens is 1. The topological polar surface area (TPSA) is 96.8 Å². The summed E-state index contributed by atoms with van der Waals surface area (Å²) in [6.45, 7) is 4.45. The van der Waals surface area contributed by atoms with E-state index in [1.807, 2.05) is 12.1 Å². The molecule has 1 fully saturated rings. The highest BCUT2D eigenvalue weighted by atomic mass is 16.2. The second-order valence-electron chi connectivity index (χ2n) is 8.99. The van der Waals surface area contributed by atoms with E-state index in [2.05, 4.69) is 41.3 Å². The number of nitrogens with zero attached hydrogens (tertiary/aromatic N) is 2. The van der Waals surface area contributed by atoms with E-state index in [4.69, 9.17) is 0 Å².